The van der Waals surface area contributed by atoms with Crippen molar-refractivity contribution in [2.24, 2.45) is 0 Å². The number of hydrogen-bond donors (Lipinski definition) is 3. The highest BCUT2D eigenvalue weighted by atomic mass is 32.5. The van der Waals surface area contributed by atoms with Crippen LogP contribution >= 0.6 is 6.64 Å². The summed E-state index contributed by atoms with van der Waals surface area (Å²) in [5.74, 6) is 0.185. The second kappa shape index (κ2) is 11.8. The van der Waals surface area contributed by atoms with Crippen LogP contribution in [0.15, 0.2) is 36.7 Å². The highest BCUT2D eigenvalue weighted by Crippen LogP contribution is 2.51. The van der Waals surface area contributed by atoms with Crippen LogP contribution in [-0.4, -0.2) is 80.4 Å². The van der Waals surface area contributed by atoms with E-state index in [4.69, 9.17) is 45.5 Å². The van der Waals surface area contributed by atoms with Crippen LogP contribution in [0.5, 0.6) is 11.6 Å². The number of nitrogens with two attached hydrogens (primary N) is 1. The summed E-state index contributed by atoms with van der Waals surface area (Å²) in [6.07, 6.45) is -1.46. The van der Waals surface area contributed by atoms with E-state index in [0.29, 0.717) is 23.5 Å². The monoisotopic (exact) mass is 608 g/mol. The number of nitrogen functional groups attached to an aromatic ring is 1. The Morgan fingerprint density at radius 3 is 2.78 bits per heavy atom. The van der Waals surface area contributed by atoms with Gasteiger partial charge >= 0.3 is 12.6 Å². The molecule has 14 nitrogen and oxygen atoms in total. The number of benzene rings is 1. The van der Waals surface area contributed by atoms with Gasteiger partial charge in [-0.15, -0.1) is 0 Å². The van der Waals surface area contributed by atoms with Crippen molar-refractivity contribution in [1.82, 2.24) is 24.6 Å². The number of nitrogens with one attached hydrogen (secondary N) is 1. The molecule has 0 saturated carbocycles. The molecule has 6 atom stereocenters. The zero-order valence-electron chi connectivity index (χ0n) is 23.0. The van der Waals surface area contributed by atoms with E-state index in [1.165, 1.54) is 6.33 Å². The van der Waals surface area contributed by atoms with E-state index in [1.54, 1.807) is 49.6 Å². The molecule has 4 N–H and O–H groups in total. The molecule has 0 spiro atoms. The van der Waals surface area contributed by atoms with Gasteiger partial charge in [-0.3, -0.25) is 9.36 Å². The minimum absolute atomic E-state index is 0.000286. The highest BCUT2D eigenvalue weighted by Gasteiger charge is 2.62. The Morgan fingerprint density at radius 1 is 1.32 bits per heavy atom. The third-order valence-corrected chi connectivity index (χ3v) is 8.95. The number of hydrogen-bond acceptors (Lipinski definition) is 13. The molecule has 2 saturated heterocycles. The molecule has 0 radical (unpaired) electrons. The summed E-state index contributed by atoms with van der Waals surface area (Å²) >= 11 is 5.81. The van der Waals surface area contributed by atoms with Crippen molar-refractivity contribution in [3.8, 4) is 11.6 Å². The maximum atomic E-state index is 12.5. The quantitative estimate of drug-likeness (QED) is 0.201. The van der Waals surface area contributed by atoms with E-state index < -0.39 is 42.7 Å². The van der Waals surface area contributed by atoms with Gasteiger partial charge in [-0.1, -0.05) is 18.2 Å². The molecule has 2 aliphatic rings. The van der Waals surface area contributed by atoms with Crippen molar-refractivity contribution in [2.75, 3.05) is 25.6 Å². The summed E-state index contributed by atoms with van der Waals surface area (Å²) in [6, 6.07) is 8.03. The molecule has 2 aromatic heterocycles. The number of carbonyl (C=O) groups excluding carboxylic acids is 1. The summed E-state index contributed by atoms with van der Waals surface area (Å²) in [5.41, 5.74) is 5.38. The van der Waals surface area contributed by atoms with Gasteiger partial charge in [0.1, 0.15) is 29.6 Å². The molecule has 1 unspecified atom stereocenters. The maximum absolute atomic E-state index is 12.5. The molecule has 0 amide bonds. The van der Waals surface area contributed by atoms with Crippen molar-refractivity contribution in [3.63, 3.8) is 0 Å². The average molecular weight is 609 g/mol. The minimum atomic E-state index is -3.39. The number of imidazole rings is 1. The van der Waals surface area contributed by atoms with Crippen molar-refractivity contribution < 1.29 is 37.9 Å². The Labute approximate surface area is 241 Å². The number of aromatic nitrogens is 4. The SMILES string of the molecule is CCOc1nc(N)nc2c1ncn2[C@@H]1O[C@@]2(COP(=S)(N[C@H](C)C(=O)OC(C)C)Oc3ccccc3)CO[C@@H]1[C@@H]2O. The normalized spacial score (nSPS) is 25.8. The van der Waals surface area contributed by atoms with Crippen LogP contribution in [-0.2, 0) is 35.3 Å². The maximum Gasteiger partial charge on any atom is 0.323 e. The second-order valence-corrected chi connectivity index (χ2v) is 13.1. The molecule has 2 bridgehead atoms. The van der Waals surface area contributed by atoms with Gasteiger partial charge < -0.3 is 38.8 Å². The first kappa shape index (κ1) is 29.6. The summed E-state index contributed by atoms with van der Waals surface area (Å²) in [6.45, 7) is 3.76. The zero-order valence-corrected chi connectivity index (χ0v) is 24.7. The number of rotatable bonds is 12. The number of aliphatic hydroxyl groups is 1. The van der Waals surface area contributed by atoms with E-state index in [2.05, 4.69) is 20.0 Å². The number of anilines is 1. The van der Waals surface area contributed by atoms with Gasteiger partial charge in [0.05, 0.1) is 32.3 Å². The number of ether oxygens (including phenoxy) is 4. The lowest BCUT2D eigenvalue weighted by Crippen LogP contribution is -2.46. The van der Waals surface area contributed by atoms with Crippen molar-refractivity contribution >= 4 is 41.5 Å². The van der Waals surface area contributed by atoms with Gasteiger partial charge in [-0.2, -0.15) is 9.97 Å². The average Bonchev–Trinajstić information content (AvgIpc) is 3.57. The molecule has 222 valence electrons. The van der Waals surface area contributed by atoms with E-state index in [9.17, 15) is 9.90 Å². The van der Waals surface area contributed by atoms with Gasteiger partial charge in [0.15, 0.2) is 17.4 Å². The summed E-state index contributed by atoms with van der Waals surface area (Å²) in [7, 11) is 0. The summed E-state index contributed by atoms with van der Waals surface area (Å²) < 4.78 is 37.1. The molecule has 3 aromatic rings. The van der Waals surface area contributed by atoms with E-state index in [0.717, 1.165) is 0 Å². The Hall–Kier alpha value is -2.91. The standard InChI is InChI=1S/C25H33N6O8PS/c1-5-34-21-17-20(28-24(26)29-21)31(13-27-17)22-18-19(32)25(38-22,11-35-18)12-36-40(41,39-16-9-7-6-8-10-16)30-15(4)23(33)37-14(2)3/h6-10,13-15,18-19,22,32H,5,11-12H2,1-4H3,(H,30,41)(H2,26,28,29)/t15-,18-,19+,22-,25-,40?/m1/s1. The molecule has 4 heterocycles. The smallest absolute Gasteiger partial charge is 0.323 e. The largest absolute Gasteiger partial charge is 0.476 e. The van der Waals surface area contributed by atoms with Crippen LogP contribution in [0.1, 0.15) is 33.9 Å². The van der Waals surface area contributed by atoms with Crippen molar-refractivity contribution in [1.29, 1.82) is 0 Å². The number of nitrogens with zero attached hydrogens (tertiary/aromatic N) is 4. The molecule has 1 aromatic carbocycles. The third-order valence-electron chi connectivity index (χ3n) is 6.47. The van der Waals surface area contributed by atoms with Crippen LogP contribution in [0.3, 0.4) is 0 Å². The first-order chi connectivity index (χ1) is 19.5. The molecule has 5 rings (SSSR count). The molecule has 41 heavy (non-hydrogen) atoms. The fraction of sp³-hybridized carbons (Fsp3) is 0.520. The summed E-state index contributed by atoms with van der Waals surface area (Å²) in [4.78, 5) is 25.4. The van der Waals surface area contributed by atoms with Crippen LogP contribution in [0.25, 0.3) is 11.2 Å². The lowest BCUT2D eigenvalue weighted by Gasteiger charge is -2.33. The molecule has 16 heteroatoms. The van der Waals surface area contributed by atoms with E-state index in [1.807, 2.05) is 13.0 Å². The van der Waals surface area contributed by atoms with Crippen molar-refractivity contribution in [3.05, 3.63) is 36.7 Å². The molecule has 0 aliphatic carbocycles. The van der Waals surface area contributed by atoms with Crippen LogP contribution in [0.2, 0.25) is 0 Å². The van der Waals surface area contributed by atoms with Gasteiger partial charge in [0, 0.05) is 0 Å². The van der Waals surface area contributed by atoms with Gasteiger partial charge in [0.2, 0.25) is 11.8 Å². The van der Waals surface area contributed by atoms with Crippen LogP contribution in [0.4, 0.5) is 5.95 Å². The van der Waals surface area contributed by atoms with Crippen LogP contribution in [0, 0.1) is 0 Å². The topological polar surface area (TPSA) is 174 Å². The molecular weight excluding hydrogens is 575 g/mol. The third kappa shape index (κ3) is 6.02. The number of aliphatic hydroxyl groups excluding tert-OH is 1. The first-order valence-electron chi connectivity index (χ1n) is 13.1. The van der Waals surface area contributed by atoms with E-state index >= 15 is 0 Å². The Kier molecular flexibility index (Phi) is 8.48. The summed E-state index contributed by atoms with van der Waals surface area (Å²) in [5, 5.41) is 14.3. The van der Waals surface area contributed by atoms with Crippen LogP contribution < -0.4 is 20.1 Å². The van der Waals surface area contributed by atoms with Gasteiger partial charge in [-0.05, 0) is 51.6 Å². The number of fused-ring (bicyclic) bond motifs is 3. The Morgan fingerprint density at radius 2 is 2.07 bits per heavy atom. The number of carbonyl (C=O) groups is 1. The predicted octanol–water partition coefficient (Wildman–Crippen LogP) is 2.08. The molecular formula is C25H33N6O8PS. The predicted molar refractivity (Wildman–Crippen MR) is 151 cm³/mol. The molecule has 2 aliphatic heterocycles. The lowest BCUT2D eigenvalue weighted by atomic mass is 10.0. The number of para-hydroxylation sites is 1. The highest BCUT2D eigenvalue weighted by molar-refractivity contribution is 8.09. The fourth-order valence-electron chi connectivity index (χ4n) is 4.60. The van der Waals surface area contributed by atoms with Gasteiger partial charge in [-0.25, -0.2) is 10.1 Å². The first-order valence-corrected chi connectivity index (χ1v) is 15.8. The Bertz CT molecular complexity index is 1440. The Balaban J connectivity index is 1.38. The minimum Gasteiger partial charge on any atom is -0.476 e. The molecule has 2 fully saturated rings. The van der Waals surface area contributed by atoms with Crippen molar-refractivity contribution in [2.45, 2.75) is 63.9 Å². The van der Waals surface area contributed by atoms with E-state index in [-0.39, 0.29) is 31.1 Å². The lowest BCUT2D eigenvalue weighted by molar-refractivity contribution is -0.182. The number of esters is 1. The fourth-order valence-corrected chi connectivity index (χ4v) is 7.04. The zero-order chi connectivity index (χ0) is 29.4. The second-order valence-electron chi connectivity index (χ2n) is 9.95. The van der Waals surface area contributed by atoms with Gasteiger partial charge in [0.25, 0.3) is 0 Å².